The zero-order chi connectivity index (χ0) is 15.8. The third kappa shape index (κ3) is 5.29. The second-order valence-corrected chi connectivity index (χ2v) is 5.91. The van der Waals surface area contributed by atoms with E-state index in [1.165, 1.54) is 12.1 Å². The van der Waals surface area contributed by atoms with Crippen LogP contribution in [0.1, 0.15) is 23.2 Å². The van der Waals surface area contributed by atoms with Gasteiger partial charge < -0.3 is 10.1 Å². The highest BCUT2D eigenvalue weighted by Gasteiger charge is 2.07. The third-order valence-corrected chi connectivity index (χ3v) is 4.00. The molecule has 116 valence electrons. The molecule has 0 aliphatic carbocycles. The topological polar surface area (TPSA) is 38.3 Å². The molecule has 0 heterocycles. The number of carbonyl (C=O) groups is 1. The normalized spacial score (nSPS) is 10.3. The summed E-state index contributed by atoms with van der Waals surface area (Å²) < 4.78 is 19.2. The Morgan fingerprint density at radius 2 is 1.82 bits per heavy atom. The van der Waals surface area contributed by atoms with Crippen molar-refractivity contribution in [2.45, 2.75) is 12.8 Å². The average molecular weight is 413 g/mol. The first kappa shape index (κ1) is 16.7. The van der Waals surface area contributed by atoms with Crippen LogP contribution < -0.4 is 10.1 Å². The van der Waals surface area contributed by atoms with Crippen LogP contribution in [0.5, 0.6) is 5.75 Å². The largest absolute Gasteiger partial charge is 0.494 e. The second-order valence-electron chi connectivity index (χ2n) is 4.75. The van der Waals surface area contributed by atoms with E-state index in [4.69, 9.17) is 4.74 Å². The van der Waals surface area contributed by atoms with Gasteiger partial charge in [0.2, 0.25) is 0 Å². The fourth-order valence-corrected chi connectivity index (χ4v) is 2.52. The quantitative estimate of drug-likeness (QED) is 0.550. The van der Waals surface area contributed by atoms with Crippen LogP contribution in [-0.4, -0.2) is 19.1 Å². The van der Waals surface area contributed by atoms with Crippen molar-refractivity contribution in [1.82, 2.24) is 5.32 Å². The Hall–Kier alpha value is -1.63. The van der Waals surface area contributed by atoms with Crippen LogP contribution in [0.2, 0.25) is 0 Å². The van der Waals surface area contributed by atoms with Crippen molar-refractivity contribution in [3.8, 4) is 5.75 Å². The molecule has 0 aliphatic heterocycles. The molecule has 0 saturated carbocycles. The van der Waals surface area contributed by atoms with Gasteiger partial charge in [-0.1, -0.05) is 12.1 Å². The number of rotatable bonds is 7. The van der Waals surface area contributed by atoms with E-state index in [1.54, 1.807) is 12.1 Å². The lowest BCUT2D eigenvalue weighted by atomic mass is 10.2. The number of hydrogen-bond acceptors (Lipinski definition) is 2. The van der Waals surface area contributed by atoms with Gasteiger partial charge in [0.05, 0.1) is 12.2 Å². The standard InChI is InChI=1S/C17H17FINO2/c18-13-7-9-14(10-8-13)22-12-4-3-11-20-17(21)15-5-1-2-6-16(15)19/h1-2,5-10H,3-4,11-12H2,(H,20,21). The van der Waals surface area contributed by atoms with Crippen molar-refractivity contribution in [3.63, 3.8) is 0 Å². The van der Waals surface area contributed by atoms with Crippen LogP contribution in [0.25, 0.3) is 0 Å². The van der Waals surface area contributed by atoms with E-state index >= 15 is 0 Å². The van der Waals surface area contributed by atoms with Gasteiger partial charge in [0, 0.05) is 10.1 Å². The highest BCUT2D eigenvalue weighted by Crippen LogP contribution is 2.12. The Morgan fingerprint density at radius 3 is 2.55 bits per heavy atom. The lowest BCUT2D eigenvalue weighted by molar-refractivity contribution is 0.0951. The van der Waals surface area contributed by atoms with Gasteiger partial charge in [0.1, 0.15) is 11.6 Å². The number of nitrogens with one attached hydrogen (secondary N) is 1. The fourth-order valence-electron chi connectivity index (χ4n) is 1.89. The molecule has 0 saturated heterocycles. The molecule has 0 atom stereocenters. The van der Waals surface area contributed by atoms with Crippen LogP contribution in [0, 0.1) is 9.39 Å². The van der Waals surface area contributed by atoms with Crippen LogP contribution in [0.3, 0.4) is 0 Å². The molecule has 0 bridgehead atoms. The molecule has 0 aliphatic rings. The molecule has 1 N–H and O–H groups in total. The van der Waals surface area contributed by atoms with Crippen molar-refractivity contribution < 1.29 is 13.9 Å². The summed E-state index contributed by atoms with van der Waals surface area (Å²) in [5.41, 5.74) is 0.700. The first-order chi connectivity index (χ1) is 10.7. The van der Waals surface area contributed by atoms with Gasteiger partial charge in [-0.3, -0.25) is 4.79 Å². The van der Waals surface area contributed by atoms with Gasteiger partial charge in [-0.25, -0.2) is 4.39 Å². The summed E-state index contributed by atoms with van der Waals surface area (Å²) >= 11 is 2.15. The predicted octanol–water partition coefficient (Wildman–Crippen LogP) is 4.02. The van der Waals surface area contributed by atoms with Crippen LogP contribution >= 0.6 is 22.6 Å². The maximum atomic E-state index is 12.7. The minimum Gasteiger partial charge on any atom is -0.494 e. The van der Waals surface area contributed by atoms with Crippen LogP contribution in [0.4, 0.5) is 4.39 Å². The molecule has 22 heavy (non-hydrogen) atoms. The maximum absolute atomic E-state index is 12.7. The van der Waals surface area contributed by atoms with E-state index in [-0.39, 0.29) is 11.7 Å². The molecule has 0 radical (unpaired) electrons. The molecule has 0 unspecified atom stereocenters. The zero-order valence-electron chi connectivity index (χ0n) is 12.0. The van der Waals surface area contributed by atoms with Gasteiger partial charge in [0.25, 0.3) is 5.91 Å². The van der Waals surface area contributed by atoms with E-state index in [9.17, 15) is 9.18 Å². The second kappa shape index (κ2) is 8.73. The van der Waals surface area contributed by atoms with E-state index in [2.05, 4.69) is 27.9 Å². The molecule has 3 nitrogen and oxygen atoms in total. The molecule has 5 heteroatoms. The van der Waals surface area contributed by atoms with E-state index < -0.39 is 0 Å². The summed E-state index contributed by atoms with van der Waals surface area (Å²) in [6.07, 6.45) is 1.65. The number of ether oxygens (including phenoxy) is 1. The van der Waals surface area contributed by atoms with Gasteiger partial charge in [-0.2, -0.15) is 0 Å². The van der Waals surface area contributed by atoms with Gasteiger partial charge in [-0.15, -0.1) is 0 Å². The summed E-state index contributed by atoms with van der Waals surface area (Å²) in [5.74, 6) is 0.333. The lowest BCUT2D eigenvalue weighted by Crippen LogP contribution is -2.25. The Labute approximate surface area is 143 Å². The summed E-state index contributed by atoms with van der Waals surface area (Å²) in [6, 6.07) is 13.4. The predicted molar refractivity (Wildman–Crippen MR) is 92.6 cm³/mol. The Bertz CT molecular complexity index is 616. The van der Waals surface area contributed by atoms with Gasteiger partial charge in [0.15, 0.2) is 0 Å². The first-order valence-corrected chi connectivity index (χ1v) is 8.16. The number of benzene rings is 2. The minimum absolute atomic E-state index is 0.0514. The molecule has 0 aromatic heterocycles. The van der Waals surface area contributed by atoms with Crippen molar-refractivity contribution in [3.05, 3.63) is 63.5 Å². The average Bonchev–Trinajstić information content (AvgIpc) is 2.52. The maximum Gasteiger partial charge on any atom is 0.252 e. The Kier molecular flexibility index (Phi) is 6.64. The zero-order valence-corrected chi connectivity index (χ0v) is 14.2. The molecule has 2 aromatic rings. The number of amides is 1. The van der Waals surface area contributed by atoms with Crippen molar-refractivity contribution in [1.29, 1.82) is 0 Å². The number of hydrogen-bond donors (Lipinski definition) is 1. The number of unbranched alkanes of at least 4 members (excludes halogenated alkanes) is 1. The molecule has 2 rings (SSSR count). The smallest absolute Gasteiger partial charge is 0.252 e. The Balaban J connectivity index is 1.62. The molecule has 0 fully saturated rings. The van der Waals surface area contributed by atoms with Crippen molar-refractivity contribution in [2.75, 3.05) is 13.2 Å². The summed E-state index contributed by atoms with van der Waals surface area (Å²) in [5, 5.41) is 2.90. The minimum atomic E-state index is -0.273. The van der Waals surface area contributed by atoms with Gasteiger partial charge in [-0.05, 0) is 71.8 Å². The fraction of sp³-hybridized carbons (Fsp3) is 0.235. The van der Waals surface area contributed by atoms with Crippen molar-refractivity contribution >= 4 is 28.5 Å². The summed E-state index contributed by atoms with van der Waals surface area (Å²) in [4.78, 5) is 12.0. The summed E-state index contributed by atoms with van der Waals surface area (Å²) in [6.45, 7) is 1.15. The van der Waals surface area contributed by atoms with Crippen LogP contribution in [0.15, 0.2) is 48.5 Å². The highest BCUT2D eigenvalue weighted by molar-refractivity contribution is 14.1. The lowest BCUT2D eigenvalue weighted by Gasteiger charge is -2.08. The first-order valence-electron chi connectivity index (χ1n) is 7.08. The molecule has 0 spiro atoms. The van der Waals surface area contributed by atoms with E-state index in [0.717, 1.165) is 16.4 Å². The highest BCUT2D eigenvalue weighted by atomic mass is 127. The molecular weight excluding hydrogens is 396 g/mol. The third-order valence-electron chi connectivity index (χ3n) is 3.06. The van der Waals surface area contributed by atoms with E-state index in [1.807, 2.05) is 24.3 Å². The van der Waals surface area contributed by atoms with E-state index in [0.29, 0.717) is 24.5 Å². The number of carbonyl (C=O) groups excluding carboxylic acids is 1. The van der Waals surface area contributed by atoms with Crippen molar-refractivity contribution in [2.24, 2.45) is 0 Å². The summed E-state index contributed by atoms with van der Waals surface area (Å²) in [7, 11) is 0. The molecule has 1 amide bonds. The monoisotopic (exact) mass is 413 g/mol. The Morgan fingerprint density at radius 1 is 1.09 bits per heavy atom. The van der Waals surface area contributed by atoms with Gasteiger partial charge >= 0.3 is 0 Å². The molecular formula is C17H17FINO2. The van der Waals surface area contributed by atoms with Crippen LogP contribution in [-0.2, 0) is 0 Å². The number of halogens is 2. The molecule has 2 aromatic carbocycles. The SMILES string of the molecule is O=C(NCCCCOc1ccc(F)cc1)c1ccccc1I.